The minimum absolute atomic E-state index is 0.226. The second-order valence-electron chi connectivity index (χ2n) is 6.30. The zero-order valence-corrected chi connectivity index (χ0v) is 16.7. The predicted molar refractivity (Wildman–Crippen MR) is 102 cm³/mol. The second-order valence-corrected chi connectivity index (χ2v) is 6.30. The maximum Gasteiger partial charge on any atom is 0.257 e. The molecule has 1 aromatic carbocycles. The van der Waals surface area contributed by atoms with E-state index in [1.165, 1.54) is 21.3 Å². The van der Waals surface area contributed by atoms with Gasteiger partial charge in [-0.25, -0.2) is 0 Å². The van der Waals surface area contributed by atoms with Crippen molar-refractivity contribution in [1.82, 2.24) is 15.4 Å². The van der Waals surface area contributed by atoms with Gasteiger partial charge in [0.15, 0.2) is 17.3 Å². The number of nitrogens with zero attached hydrogens (tertiary/aromatic N) is 2. The first-order valence-corrected chi connectivity index (χ1v) is 8.62. The van der Waals surface area contributed by atoms with E-state index < -0.39 is 0 Å². The summed E-state index contributed by atoms with van der Waals surface area (Å²) < 4.78 is 21.5. The third kappa shape index (κ3) is 4.71. The fourth-order valence-electron chi connectivity index (χ4n) is 2.73. The van der Waals surface area contributed by atoms with Crippen molar-refractivity contribution < 1.29 is 23.5 Å². The summed E-state index contributed by atoms with van der Waals surface area (Å²) in [4.78, 5) is 14.8. The monoisotopic (exact) mass is 377 g/mol. The summed E-state index contributed by atoms with van der Waals surface area (Å²) in [6.07, 6.45) is 0.850. The smallest absolute Gasteiger partial charge is 0.257 e. The van der Waals surface area contributed by atoms with Gasteiger partial charge >= 0.3 is 0 Å². The van der Waals surface area contributed by atoms with Crippen LogP contribution in [0.25, 0.3) is 11.3 Å². The van der Waals surface area contributed by atoms with Crippen molar-refractivity contribution in [2.75, 3.05) is 48.5 Å². The van der Waals surface area contributed by atoms with Crippen LogP contribution in [0.5, 0.6) is 17.2 Å². The van der Waals surface area contributed by atoms with Crippen molar-refractivity contribution in [2.24, 2.45) is 0 Å². The first kappa shape index (κ1) is 20.6. The van der Waals surface area contributed by atoms with Crippen LogP contribution in [-0.2, 0) is 0 Å². The molecule has 0 spiro atoms. The van der Waals surface area contributed by atoms with Gasteiger partial charge < -0.3 is 29.0 Å². The van der Waals surface area contributed by atoms with Gasteiger partial charge in [-0.3, -0.25) is 4.79 Å². The summed E-state index contributed by atoms with van der Waals surface area (Å²) in [5, 5.41) is 6.89. The molecule has 0 aliphatic rings. The third-order valence-corrected chi connectivity index (χ3v) is 4.08. The van der Waals surface area contributed by atoms with Gasteiger partial charge in [0.1, 0.15) is 5.56 Å². The van der Waals surface area contributed by atoms with Crippen LogP contribution in [0.15, 0.2) is 16.7 Å². The normalized spacial score (nSPS) is 10.8. The molecule has 2 rings (SSSR count). The van der Waals surface area contributed by atoms with Crippen LogP contribution in [0.3, 0.4) is 0 Å². The number of hydrogen-bond donors (Lipinski definition) is 1. The van der Waals surface area contributed by atoms with Gasteiger partial charge in [0, 0.05) is 12.1 Å². The molecule has 148 valence electrons. The van der Waals surface area contributed by atoms with E-state index in [0.29, 0.717) is 46.4 Å². The van der Waals surface area contributed by atoms with Gasteiger partial charge in [0.25, 0.3) is 5.91 Å². The maximum atomic E-state index is 12.7. The maximum absolute atomic E-state index is 12.7. The summed E-state index contributed by atoms with van der Waals surface area (Å²) in [6.45, 7) is 3.19. The molecule has 0 radical (unpaired) electrons. The number of ether oxygens (including phenoxy) is 3. The SMILES string of the molecule is COc1cc(-c2onc(C)c2C(=O)NCCCN(C)C)cc(OC)c1OC. The highest BCUT2D eigenvalue weighted by atomic mass is 16.5. The summed E-state index contributed by atoms with van der Waals surface area (Å²) in [6, 6.07) is 3.45. The van der Waals surface area contributed by atoms with Gasteiger partial charge in [0.2, 0.25) is 5.75 Å². The van der Waals surface area contributed by atoms with Crippen molar-refractivity contribution in [3.05, 3.63) is 23.4 Å². The van der Waals surface area contributed by atoms with Crippen molar-refractivity contribution in [3.8, 4) is 28.6 Å². The molecule has 2 aromatic rings. The summed E-state index contributed by atoms with van der Waals surface area (Å²) in [5.74, 6) is 1.54. The molecule has 0 unspecified atom stereocenters. The lowest BCUT2D eigenvalue weighted by Crippen LogP contribution is -2.27. The Labute approximate surface area is 159 Å². The molecule has 0 fully saturated rings. The average molecular weight is 377 g/mol. The number of benzene rings is 1. The number of carbonyl (C=O) groups excluding carboxylic acids is 1. The van der Waals surface area contributed by atoms with Gasteiger partial charge in [0.05, 0.1) is 27.0 Å². The lowest BCUT2D eigenvalue weighted by atomic mass is 10.0. The molecule has 0 saturated heterocycles. The molecule has 1 amide bonds. The van der Waals surface area contributed by atoms with Crippen molar-refractivity contribution in [1.29, 1.82) is 0 Å². The van der Waals surface area contributed by atoms with E-state index in [9.17, 15) is 4.79 Å². The Morgan fingerprint density at radius 3 is 2.30 bits per heavy atom. The predicted octanol–water partition coefficient (Wildman–Crippen LogP) is 2.36. The van der Waals surface area contributed by atoms with Gasteiger partial charge in [-0.15, -0.1) is 0 Å². The average Bonchev–Trinajstić information content (AvgIpc) is 3.05. The van der Waals surface area contributed by atoms with E-state index in [4.69, 9.17) is 18.7 Å². The largest absolute Gasteiger partial charge is 0.493 e. The molecule has 1 N–H and O–H groups in total. The minimum atomic E-state index is -0.226. The minimum Gasteiger partial charge on any atom is -0.493 e. The molecular formula is C19H27N3O5. The number of aromatic nitrogens is 1. The summed E-state index contributed by atoms with van der Waals surface area (Å²) >= 11 is 0. The Morgan fingerprint density at radius 1 is 1.15 bits per heavy atom. The van der Waals surface area contributed by atoms with Crippen LogP contribution < -0.4 is 19.5 Å². The van der Waals surface area contributed by atoms with E-state index in [2.05, 4.69) is 15.4 Å². The molecular weight excluding hydrogens is 350 g/mol. The number of hydrogen-bond acceptors (Lipinski definition) is 7. The topological polar surface area (TPSA) is 86.1 Å². The molecule has 0 saturated carbocycles. The number of methoxy groups -OCH3 is 3. The molecule has 8 heteroatoms. The molecule has 1 heterocycles. The fourth-order valence-corrected chi connectivity index (χ4v) is 2.73. The van der Waals surface area contributed by atoms with Gasteiger partial charge in [-0.2, -0.15) is 0 Å². The molecule has 27 heavy (non-hydrogen) atoms. The van der Waals surface area contributed by atoms with Crippen molar-refractivity contribution >= 4 is 5.91 Å². The number of amides is 1. The molecule has 0 bridgehead atoms. The quantitative estimate of drug-likeness (QED) is 0.671. The second kappa shape index (κ2) is 9.27. The Bertz CT molecular complexity index is 761. The Balaban J connectivity index is 2.34. The van der Waals surface area contributed by atoms with E-state index in [0.717, 1.165) is 13.0 Å². The lowest BCUT2D eigenvalue weighted by Gasteiger charge is -2.14. The van der Waals surface area contributed by atoms with Gasteiger partial charge in [-0.1, -0.05) is 5.16 Å². The standard InChI is InChI=1S/C19H27N3O5/c1-12-16(19(23)20-8-7-9-22(2)3)17(27-21-12)13-10-14(24-4)18(26-6)15(11-13)25-5/h10-11H,7-9H2,1-6H3,(H,20,23). The highest BCUT2D eigenvalue weighted by Gasteiger charge is 2.24. The zero-order valence-electron chi connectivity index (χ0n) is 16.7. The number of carbonyl (C=O) groups is 1. The van der Waals surface area contributed by atoms with Crippen LogP contribution in [0.2, 0.25) is 0 Å². The first-order valence-electron chi connectivity index (χ1n) is 8.62. The Morgan fingerprint density at radius 2 is 1.78 bits per heavy atom. The van der Waals surface area contributed by atoms with Crippen LogP contribution in [0, 0.1) is 6.92 Å². The molecule has 1 aromatic heterocycles. The van der Waals surface area contributed by atoms with Crippen LogP contribution in [0.4, 0.5) is 0 Å². The van der Waals surface area contributed by atoms with Crippen LogP contribution in [-0.4, -0.2) is 64.5 Å². The molecule has 8 nitrogen and oxygen atoms in total. The number of nitrogens with one attached hydrogen (secondary N) is 1. The number of aryl methyl sites for hydroxylation is 1. The Kier molecular flexibility index (Phi) is 7.06. The zero-order chi connectivity index (χ0) is 20.0. The lowest BCUT2D eigenvalue weighted by molar-refractivity contribution is 0.0952. The van der Waals surface area contributed by atoms with Crippen LogP contribution >= 0.6 is 0 Å². The summed E-state index contributed by atoms with van der Waals surface area (Å²) in [7, 11) is 8.59. The van der Waals surface area contributed by atoms with Crippen LogP contribution in [0.1, 0.15) is 22.5 Å². The van der Waals surface area contributed by atoms with E-state index >= 15 is 0 Å². The highest BCUT2D eigenvalue weighted by Crippen LogP contribution is 2.42. The first-order chi connectivity index (χ1) is 12.9. The Hall–Kier alpha value is -2.74. The van der Waals surface area contributed by atoms with Gasteiger partial charge in [-0.05, 0) is 46.1 Å². The van der Waals surface area contributed by atoms with Crippen molar-refractivity contribution in [3.63, 3.8) is 0 Å². The summed E-state index contributed by atoms with van der Waals surface area (Å²) in [5.41, 5.74) is 1.53. The van der Waals surface area contributed by atoms with E-state index in [-0.39, 0.29) is 5.91 Å². The number of rotatable bonds is 9. The van der Waals surface area contributed by atoms with Crippen molar-refractivity contribution in [2.45, 2.75) is 13.3 Å². The van der Waals surface area contributed by atoms with E-state index in [1.54, 1.807) is 19.1 Å². The fraction of sp³-hybridized carbons (Fsp3) is 0.474. The highest BCUT2D eigenvalue weighted by molar-refractivity contribution is 6.00. The molecule has 0 aliphatic heterocycles. The van der Waals surface area contributed by atoms with E-state index in [1.807, 2.05) is 14.1 Å². The molecule has 0 aliphatic carbocycles. The molecule has 0 atom stereocenters. The third-order valence-electron chi connectivity index (χ3n) is 4.08.